The zero-order valence-corrected chi connectivity index (χ0v) is 5.09. The molecular weight excluding hydrogens is 114 g/mol. The summed E-state index contributed by atoms with van der Waals surface area (Å²) >= 11 is 0. The lowest BCUT2D eigenvalue weighted by atomic mass is 10.3. The minimum absolute atomic E-state index is 0.452. The fourth-order valence-corrected chi connectivity index (χ4v) is 0.555. The zero-order chi connectivity index (χ0) is 6.69. The first-order valence-electron chi connectivity index (χ1n) is 2.72. The molecule has 1 aromatic heterocycles. The van der Waals surface area contributed by atoms with E-state index in [0.717, 1.165) is 11.4 Å². The first-order valence-corrected chi connectivity index (χ1v) is 2.72. The number of H-pyrrole nitrogens is 1. The molecule has 3 heteroatoms. The van der Waals surface area contributed by atoms with Gasteiger partial charge in [-0.1, -0.05) is 6.58 Å². The lowest BCUT2D eigenvalue weighted by molar-refractivity contribution is 1.17. The summed E-state index contributed by atoms with van der Waals surface area (Å²) in [5.41, 5.74) is 6.14. The average molecular weight is 123 g/mol. The average Bonchev–Trinajstić information content (AvgIpc) is 2.37. The van der Waals surface area contributed by atoms with Gasteiger partial charge in [0, 0.05) is 24.5 Å². The molecule has 9 heavy (non-hydrogen) atoms. The molecule has 0 unspecified atom stereocenters. The summed E-state index contributed by atoms with van der Waals surface area (Å²) in [6.07, 6.45) is 3.42. The van der Waals surface area contributed by atoms with E-state index in [9.17, 15) is 0 Å². The van der Waals surface area contributed by atoms with Crippen LogP contribution in [0.15, 0.2) is 19.0 Å². The molecule has 0 spiro atoms. The van der Waals surface area contributed by atoms with Crippen molar-refractivity contribution >= 4 is 5.57 Å². The maximum atomic E-state index is 5.30. The third kappa shape index (κ3) is 1.17. The van der Waals surface area contributed by atoms with Gasteiger partial charge in [0.25, 0.3) is 0 Å². The first kappa shape index (κ1) is 6.04. The van der Waals surface area contributed by atoms with Crippen LogP contribution < -0.4 is 5.73 Å². The van der Waals surface area contributed by atoms with Crippen LogP contribution in [0.5, 0.6) is 0 Å². The van der Waals surface area contributed by atoms with Crippen molar-refractivity contribution in [2.24, 2.45) is 5.73 Å². The lowest BCUT2D eigenvalue weighted by Gasteiger charge is -1.93. The van der Waals surface area contributed by atoms with E-state index in [1.165, 1.54) is 0 Å². The lowest BCUT2D eigenvalue weighted by Crippen LogP contribution is -2.01. The van der Waals surface area contributed by atoms with Crippen molar-refractivity contribution in [2.45, 2.75) is 0 Å². The fraction of sp³-hybridized carbons (Fsp3) is 0.167. The smallest absolute Gasteiger partial charge is 0.133 e. The van der Waals surface area contributed by atoms with Gasteiger partial charge in [0.1, 0.15) is 5.82 Å². The Balaban J connectivity index is 2.77. The van der Waals surface area contributed by atoms with Gasteiger partial charge in [-0.15, -0.1) is 0 Å². The summed E-state index contributed by atoms with van der Waals surface area (Å²) in [5, 5.41) is 0. The monoisotopic (exact) mass is 123 g/mol. The molecule has 0 aliphatic carbocycles. The number of hydrogen-bond donors (Lipinski definition) is 2. The highest BCUT2D eigenvalue weighted by Crippen LogP contribution is 2.01. The molecule has 48 valence electrons. The molecule has 0 atom stereocenters. The van der Waals surface area contributed by atoms with Gasteiger partial charge in [-0.05, 0) is 0 Å². The van der Waals surface area contributed by atoms with Crippen LogP contribution in [0.4, 0.5) is 0 Å². The maximum absolute atomic E-state index is 5.30. The number of rotatable bonds is 2. The highest BCUT2D eigenvalue weighted by molar-refractivity contribution is 5.57. The molecule has 0 radical (unpaired) electrons. The van der Waals surface area contributed by atoms with Crippen LogP contribution in [-0.4, -0.2) is 16.5 Å². The minimum atomic E-state index is 0.452. The van der Waals surface area contributed by atoms with Gasteiger partial charge in [-0.3, -0.25) is 0 Å². The topological polar surface area (TPSA) is 54.7 Å². The van der Waals surface area contributed by atoms with Crippen molar-refractivity contribution < 1.29 is 0 Å². The molecule has 0 fully saturated rings. The number of hydrogen-bond acceptors (Lipinski definition) is 2. The van der Waals surface area contributed by atoms with Gasteiger partial charge in [-0.2, -0.15) is 0 Å². The van der Waals surface area contributed by atoms with Gasteiger partial charge >= 0.3 is 0 Å². The molecule has 1 rings (SSSR count). The molecule has 1 aromatic rings. The maximum Gasteiger partial charge on any atom is 0.133 e. The molecule has 0 bridgehead atoms. The summed E-state index contributed by atoms with van der Waals surface area (Å²) in [7, 11) is 0. The Kier molecular flexibility index (Phi) is 1.65. The molecule has 0 amide bonds. The van der Waals surface area contributed by atoms with E-state index >= 15 is 0 Å². The highest BCUT2D eigenvalue weighted by Gasteiger charge is 1.94. The second kappa shape index (κ2) is 2.46. The predicted molar refractivity (Wildman–Crippen MR) is 36.7 cm³/mol. The standard InChI is InChI=1S/C6H9N3/c1-5(4-7)6-8-2-3-9-6/h2-3H,1,4,7H2,(H,8,9). The van der Waals surface area contributed by atoms with Crippen LogP contribution in [0.1, 0.15) is 5.82 Å². The number of imidazole rings is 1. The van der Waals surface area contributed by atoms with E-state index in [1.54, 1.807) is 12.4 Å². The summed E-state index contributed by atoms with van der Waals surface area (Å²) in [5.74, 6) is 0.775. The Morgan fingerprint density at radius 3 is 3.11 bits per heavy atom. The van der Waals surface area contributed by atoms with E-state index in [-0.39, 0.29) is 0 Å². The van der Waals surface area contributed by atoms with Gasteiger partial charge < -0.3 is 10.7 Å². The molecule has 0 aliphatic heterocycles. The third-order valence-corrected chi connectivity index (χ3v) is 1.08. The van der Waals surface area contributed by atoms with Gasteiger partial charge in [-0.25, -0.2) is 4.98 Å². The molecule has 0 aliphatic rings. The van der Waals surface area contributed by atoms with E-state index in [1.807, 2.05) is 0 Å². The highest BCUT2D eigenvalue weighted by atomic mass is 14.9. The third-order valence-electron chi connectivity index (χ3n) is 1.08. The number of nitrogens with zero attached hydrogens (tertiary/aromatic N) is 1. The summed E-state index contributed by atoms with van der Waals surface area (Å²) < 4.78 is 0. The molecule has 3 N–H and O–H groups in total. The number of nitrogens with two attached hydrogens (primary N) is 1. The number of aromatic amines is 1. The van der Waals surface area contributed by atoms with Crippen molar-refractivity contribution in [1.29, 1.82) is 0 Å². The van der Waals surface area contributed by atoms with Crippen LogP contribution in [-0.2, 0) is 0 Å². The first-order chi connectivity index (χ1) is 4.34. The minimum Gasteiger partial charge on any atom is -0.345 e. The van der Waals surface area contributed by atoms with E-state index < -0.39 is 0 Å². The van der Waals surface area contributed by atoms with Gasteiger partial charge in [0.2, 0.25) is 0 Å². The summed E-state index contributed by atoms with van der Waals surface area (Å²) in [4.78, 5) is 6.85. The normalized spacial score (nSPS) is 9.44. The van der Waals surface area contributed by atoms with Crippen LogP contribution >= 0.6 is 0 Å². The van der Waals surface area contributed by atoms with Crippen LogP contribution in [0, 0.1) is 0 Å². The number of nitrogens with one attached hydrogen (secondary N) is 1. The Morgan fingerprint density at radius 1 is 1.89 bits per heavy atom. The molecule has 0 aromatic carbocycles. The summed E-state index contributed by atoms with van der Waals surface area (Å²) in [6, 6.07) is 0. The number of aromatic nitrogens is 2. The quantitative estimate of drug-likeness (QED) is 0.597. The van der Waals surface area contributed by atoms with Crippen molar-refractivity contribution in [3.05, 3.63) is 24.8 Å². The van der Waals surface area contributed by atoms with Crippen LogP contribution in [0.2, 0.25) is 0 Å². The Bertz CT molecular complexity index is 188. The SMILES string of the molecule is C=C(CN)c1ncc[nH]1. The van der Waals surface area contributed by atoms with Crippen molar-refractivity contribution in [3.63, 3.8) is 0 Å². The Morgan fingerprint density at radius 2 is 2.67 bits per heavy atom. The van der Waals surface area contributed by atoms with E-state index in [4.69, 9.17) is 5.73 Å². The fourth-order valence-electron chi connectivity index (χ4n) is 0.555. The second-order valence-electron chi connectivity index (χ2n) is 1.75. The molecule has 3 nitrogen and oxygen atoms in total. The predicted octanol–water partition coefficient (Wildman–Crippen LogP) is 0.382. The van der Waals surface area contributed by atoms with Crippen molar-refractivity contribution in [1.82, 2.24) is 9.97 Å². The van der Waals surface area contributed by atoms with Crippen molar-refractivity contribution in [2.75, 3.05) is 6.54 Å². The molecule has 0 saturated heterocycles. The molecule has 1 heterocycles. The Labute approximate surface area is 53.6 Å². The second-order valence-corrected chi connectivity index (χ2v) is 1.75. The van der Waals surface area contributed by atoms with Crippen LogP contribution in [0.25, 0.3) is 5.57 Å². The summed E-state index contributed by atoms with van der Waals surface area (Å²) in [6.45, 7) is 4.15. The zero-order valence-electron chi connectivity index (χ0n) is 5.09. The Hall–Kier alpha value is -1.09. The largest absolute Gasteiger partial charge is 0.345 e. The van der Waals surface area contributed by atoms with E-state index in [0.29, 0.717) is 6.54 Å². The molecular formula is C6H9N3. The van der Waals surface area contributed by atoms with Crippen molar-refractivity contribution in [3.8, 4) is 0 Å². The van der Waals surface area contributed by atoms with Gasteiger partial charge in [0.05, 0.1) is 0 Å². The molecule has 0 saturated carbocycles. The van der Waals surface area contributed by atoms with Gasteiger partial charge in [0.15, 0.2) is 0 Å². The van der Waals surface area contributed by atoms with E-state index in [2.05, 4.69) is 16.5 Å². The van der Waals surface area contributed by atoms with Crippen LogP contribution in [0.3, 0.4) is 0 Å².